The van der Waals surface area contributed by atoms with Crippen LogP contribution in [0.3, 0.4) is 0 Å². The Hall–Kier alpha value is -2.41. The van der Waals surface area contributed by atoms with Crippen molar-refractivity contribution in [2.24, 2.45) is 0 Å². The number of carbonyl (C=O) groups is 1. The van der Waals surface area contributed by atoms with E-state index in [0.717, 1.165) is 42.9 Å². The second-order valence-electron chi connectivity index (χ2n) is 7.80. The minimum atomic E-state index is -0.593. The fourth-order valence-electron chi connectivity index (χ4n) is 3.75. The third kappa shape index (κ3) is 7.56. The molecule has 0 amide bonds. The molecule has 1 aliphatic heterocycles. The van der Waals surface area contributed by atoms with Crippen molar-refractivity contribution in [3.05, 3.63) is 70.5 Å². The first-order valence-electron chi connectivity index (χ1n) is 11.4. The number of esters is 1. The Labute approximate surface area is 200 Å². The number of hydrogen-bond acceptors (Lipinski definition) is 5. The van der Waals surface area contributed by atoms with E-state index in [1.54, 1.807) is 19.1 Å². The standard InChI is InChI=1S/C26H31ClFNO4/c1-3-31-25(26(30)32-4-2)17-19-5-8-22(9-6-19)33-16-15-29-13-11-20(12-14-29)21-7-10-24(28)23(27)18-21/h5-11,18,25H,3-4,12-17H2,1-2H3. The highest BCUT2D eigenvalue weighted by atomic mass is 35.5. The second kappa shape index (κ2) is 12.7. The Morgan fingerprint density at radius 2 is 1.94 bits per heavy atom. The molecule has 1 heterocycles. The predicted octanol–water partition coefficient (Wildman–Crippen LogP) is 5.16. The first-order chi connectivity index (χ1) is 16.0. The molecule has 178 valence electrons. The molecule has 2 aromatic carbocycles. The van der Waals surface area contributed by atoms with Crippen LogP contribution in [0.15, 0.2) is 48.5 Å². The number of benzene rings is 2. The van der Waals surface area contributed by atoms with Crippen LogP contribution in [0.1, 0.15) is 31.4 Å². The molecule has 33 heavy (non-hydrogen) atoms. The van der Waals surface area contributed by atoms with Gasteiger partial charge in [0.2, 0.25) is 0 Å². The Morgan fingerprint density at radius 1 is 1.15 bits per heavy atom. The normalized spacial score (nSPS) is 15.1. The van der Waals surface area contributed by atoms with Gasteiger partial charge in [-0.05, 0) is 61.2 Å². The molecule has 0 fully saturated rings. The highest BCUT2D eigenvalue weighted by Crippen LogP contribution is 2.26. The second-order valence-corrected chi connectivity index (χ2v) is 8.21. The van der Waals surface area contributed by atoms with Gasteiger partial charge in [-0.2, -0.15) is 0 Å². The van der Waals surface area contributed by atoms with Crippen molar-refractivity contribution in [3.63, 3.8) is 0 Å². The number of hydrogen-bond donors (Lipinski definition) is 0. The Kier molecular flexibility index (Phi) is 9.73. The summed E-state index contributed by atoms with van der Waals surface area (Å²) in [7, 11) is 0. The molecule has 0 aliphatic carbocycles. The molecule has 2 aromatic rings. The van der Waals surface area contributed by atoms with E-state index in [1.807, 2.05) is 31.2 Å². The molecule has 3 rings (SSSR count). The molecule has 5 nitrogen and oxygen atoms in total. The fourth-order valence-corrected chi connectivity index (χ4v) is 3.93. The van der Waals surface area contributed by atoms with Crippen LogP contribution in [0.4, 0.5) is 4.39 Å². The average Bonchev–Trinajstić information content (AvgIpc) is 2.82. The van der Waals surface area contributed by atoms with Crippen molar-refractivity contribution >= 4 is 23.1 Å². The summed E-state index contributed by atoms with van der Waals surface area (Å²) in [6.07, 6.45) is 2.93. The van der Waals surface area contributed by atoms with E-state index in [0.29, 0.717) is 26.2 Å². The minimum Gasteiger partial charge on any atom is -0.492 e. The van der Waals surface area contributed by atoms with Gasteiger partial charge >= 0.3 is 5.97 Å². The number of nitrogens with zero attached hydrogens (tertiary/aromatic N) is 1. The van der Waals surface area contributed by atoms with Crippen LogP contribution in [-0.4, -0.2) is 56.4 Å². The Morgan fingerprint density at radius 3 is 2.58 bits per heavy atom. The summed E-state index contributed by atoms with van der Waals surface area (Å²) in [6.45, 7) is 7.56. The van der Waals surface area contributed by atoms with Crippen molar-refractivity contribution in [2.75, 3.05) is 39.5 Å². The van der Waals surface area contributed by atoms with E-state index in [4.69, 9.17) is 25.8 Å². The molecule has 7 heteroatoms. The predicted molar refractivity (Wildman–Crippen MR) is 128 cm³/mol. The molecule has 0 spiro atoms. The summed E-state index contributed by atoms with van der Waals surface area (Å²) in [5, 5.41) is 0.157. The SMILES string of the molecule is CCOC(=O)C(Cc1ccc(OCCN2CC=C(c3ccc(F)c(Cl)c3)CC2)cc1)OCC. The van der Waals surface area contributed by atoms with E-state index in [-0.39, 0.29) is 11.0 Å². The smallest absolute Gasteiger partial charge is 0.335 e. The number of ether oxygens (including phenoxy) is 3. The van der Waals surface area contributed by atoms with E-state index in [1.165, 1.54) is 11.6 Å². The lowest BCUT2D eigenvalue weighted by Crippen LogP contribution is -2.32. The summed E-state index contributed by atoms with van der Waals surface area (Å²) < 4.78 is 29.9. The molecule has 0 bridgehead atoms. The first-order valence-corrected chi connectivity index (χ1v) is 11.7. The van der Waals surface area contributed by atoms with Gasteiger partial charge in [0.25, 0.3) is 0 Å². The van der Waals surface area contributed by atoms with Crippen LogP contribution >= 0.6 is 11.6 Å². The summed E-state index contributed by atoms with van der Waals surface area (Å²) in [4.78, 5) is 14.3. The van der Waals surface area contributed by atoms with Gasteiger partial charge in [0, 0.05) is 32.7 Å². The highest BCUT2D eigenvalue weighted by molar-refractivity contribution is 6.30. The number of carbonyl (C=O) groups excluding carboxylic acids is 1. The quantitative estimate of drug-likeness (QED) is 0.420. The molecule has 0 saturated heterocycles. The number of rotatable bonds is 11. The molecule has 0 radical (unpaired) electrons. The molecule has 0 N–H and O–H groups in total. The zero-order chi connectivity index (χ0) is 23.6. The van der Waals surface area contributed by atoms with Crippen LogP contribution in [0.5, 0.6) is 5.75 Å². The van der Waals surface area contributed by atoms with Gasteiger partial charge in [0.05, 0.1) is 11.6 Å². The van der Waals surface area contributed by atoms with Gasteiger partial charge in [-0.15, -0.1) is 0 Å². The maximum absolute atomic E-state index is 13.4. The van der Waals surface area contributed by atoms with Gasteiger partial charge < -0.3 is 14.2 Å². The third-order valence-electron chi connectivity index (χ3n) is 5.52. The zero-order valence-corrected chi connectivity index (χ0v) is 19.9. The minimum absolute atomic E-state index is 0.157. The lowest BCUT2D eigenvalue weighted by atomic mass is 9.99. The molecule has 0 aromatic heterocycles. The molecular weight excluding hydrogens is 445 g/mol. The van der Waals surface area contributed by atoms with Crippen molar-refractivity contribution in [3.8, 4) is 5.75 Å². The monoisotopic (exact) mass is 475 g/mol. The third-order valence-corrected chi connectivity index (χ3v) is 5.81. The van der Waals surface area contributed by atoms with Crippen molar-refractivity contribution in [2.45, 2.75) is 32.8 Å². The van der Waals surface area contributed by atoms with Crippen LogP contribution < -0.4 is 4.74 Å². The Bertz CT molecular complexity index is 948. The van der Waals surface area contributed by atoms with E-state index in [9.17, 15) is 9.18 Å². The van der Waals surface area contributed by atoms with E-state index < -0.39 is 11.9 Å². The van der Waals surface area contributed by atoms with Crippen molar-refractivity contribution in [1.29, 1.82) is 0 Å². The van der Waals surface area contributed by atoms with Gasteiger partial charge in [-0.3, -0.25) is 4.90 Å². The van der Waals surface area contributed by atoms with Crippen molar-refractivity contribution in [1.82, 2.24) is 4.90 Å². The van der Waals surface area contributed by atoms with Gasteiger partial charge in [-0.1, -0.05) is 35.9 Å². The summed E-state index contributed by atoms with van der Waals surface area (Å²) in [6, 6.07) is 12.6. The average molecular weight is 476 g/mol. The highest BCUT2D eigenvalue weighted by Gasteiger charge is 2.20. The summed E-state index contributed by atoms with van der Waals surface area (Å²) >= 11 is 5.91. The maximum Gasteiger partial charge on any atom is 0.335 e. The first kappa shape index (κ1) is 25.2. The molecule has 1 aliphatic rings. The topological polar surface area (TPSA) is 48.0 Å². The summed E-state index contributed by atoms with van der Waals surface area (Å²) in [5.74, 6) is 0.0646. The lowest BCUT2D eigenvalue weighted by molar-refractivity contribution is -0.156. The molecule has 1 atom stereocenters. The van der Waals surface area contributed by atoms with Gasteiger partial charge in [0.1, 0.15) is 18.2 Å². The fraction of sp³-hybridized carbons (Fsp3) is 0.423. The van der Waals surface area contributed by atoms with Crippen molar-refractivity contribution < 1.29 is 23.4 Å². The zero-order valence-electron chi connectivity index (χ0n) is 19.2. The molecular formula is C26H31ClFNO4. The molecule has 1 unspecified atom stereocenters. The van der Waals surface area contributed by atoms with Crippen LogP contribution in [0.25, 0.3) is 5.57 Å². The van der Waals surface area contributed by atoms with Crippen LogP contribution in [0, 0.1) is 5.82 Å². The molecule has 0 saturated carbocycles. The van der Waals surface area contributed by atoms with Gasteiger partial charge in [-0.25, -0.2) is 9.18 Å². The van der Waals surface area contributed by atoms with Crippen LogP contribution in [0.2, 0.25) is 5.02 Å². The lowest BCUT2D eigenvalue weighted by Gasteiger charge is -2.26. The maximum atomic E-state index is 13.4. The van der Waals surface area contributed by atoms with E-state index in [2.05, 4.69) is 11.0 Å². The Balaban J connectivity index is 1.44. The number of halogens is 2. The largest absolute Gasteiger partial charge is 0.492 e. The van der Waals surface area contributed by atoms with E-state index >= 15 is 0 Å². The summed E-state index contributed by atoms with van der Waals surface area (Å²) in [5.41, 5.74) is 3.16. The van der Waals surface area contributed by atoms with Gasteiger partial charge in [0.15, 0.2) is 6.10 Å². The van der Waals surface area contributed by atoms with Crippen LogP contribution in [-0.2, 0) is 20.7 Å².